The van der Waals surface area contributed by atoms with Crippen molar-refractivity contribution in [3.05, 3.63) is 53.1 Å². The van der Waals surface area contributed by atoms with Crippen molar-refractivity contribution in [2.24, 2.45) is 0 Å². The van der Waals surface area contributed by atoms with E-state index in [9.17, 15) is 9.59 Å². The van der Waals surface area contributed by atoms with E-state index in [-0.39, 0.29) is 25.8 Å². The number of carbonyl (C=O) groups excluding carboxylic acids is 2. The molecule has 4 rings (SSSR count). The molecule has 0 fully saturated rings. The summed E-state index contributed by atoms with van der Waals surface area (Å²) in [7, 11) is 0. The summed E-state index contributed by atoms with van der Waals surface area (Å²) in [6.45, 7) is -0.429. The molecule has 0 bridgehead atoms. The Hall–Kier alpha value is -3.02. The third kappa shape index (κ3) is 3.49. The fraction of sp³-hybridized carbons (Fsp3) is 0.300. The number of ketones is 1. The molecule has 6 nitrogen and oxygen atoms in total. The number of esters is 1. The Bertz CT molecular complexity index is 857. The maximum absolute atomic E-state index is 12.1. The molecule has 1 heterocycles. The summed E-state index contributed by atoms with van der Waals surface area (Å²) in [6.07, 6.45) is 3.30. The quantitative estimate of drug-likeness (QED) is 0.587. The Morgan fingerprint density at radius 3 is 2.69 bits per heavy atom. The Labute approximate surface area is 150 Å². The van der Waals surface area contributed by atoms with Crippen LogP contribution in [0.2, 0.25) is 0 Å². The first-order valence-corrected chi connectivity index (χ1v) is 8.52. The van der Waals surface area contributed by atoms with E-state index in [0.29, 0.717) is 22.8 Å². The van der Waals surface area contributed by atoms with Gasteiger partial charge in [-0.15, -0.1) is 0 Å². The second kappa shape index (κ2) is 7.07. The molecule has 2 aliphatic rings. The normalized spacial score (nSPS) is 14.0. The van der Waals surface area contributed by atoms with E-state index < -0.39 is 5.97 Å². The first-order valence-electron chi connectivity index (χ1n) is 8.52. The van der Waals surface area contributed by atoms with Crippen LogP contribution in [0.4, 0.5) is 0 Å². The third-order valence-electron chi connectivity index (χ3n) is 4.49. The van der Waals surface area contributed by atoms with Crippen LogP contribution < -0.4 is 14.2 Å². The monoisotopic (exact) mass is 354 g/mol. The minimum absolute atomic E-state index is 0.141. The lowest BCUT2D eigenvalue weighted by atomic mass is 10.1. The highest BCUT2D eigenvalue weighted by atomic mass is 16.7. The van der Waals surface area contributed by atoms with Gasteiger partial charge in [0.05, 0.1) is 0 Å². The second-order valence-corrected chi connectivity index (χ2v) is 6.22. The van der Waals surface area contributed by atoms with Gasteiger partial charge in [0.2, 0.25) is 6.79 Å². The van der Waals surface area contributed by atoms with E-state index in [2.05, 4.69) is 0 Å². The Kier molecular flexibility index (Phi) is 4.48. The Balaban J connectivity index is 1.26. The van der Waals surface area contributed by atoms with Crippen LogP contribution in [-0.2, 0) is 22.4 Å². The minimum Gasteiger partial charge on any atom is -0.482 e. The summed E-state index contributed by atoms with van der Waals surface area (Å²) in [5, 5.41) is 0. The van der Waals surface area contributed by atoms with Crippen LogP contribution >= 0.6 is 0 Å². The van der Waals surface area contributed by atoms with Gasteiger partial charge in [0, 0.05) is 5.56 Å². The molecule has 1 aliphatic heterocycles. The van der Waals surface area contributed by atoms with Crippen LogP contribution in [0.5, 0.6) is 17.2 Å². The van der Waals surface area contributed by atoms with Crippen molar-refractivity contribution in [2.75, 3.05) is 20.0 Å². The number of Topliss-reactive ketones (excluding diaryl/α,β-unsaturated/α-hetero) is 1. The molecule has 1 aliphatic carbocycles. The van der Waals surface area contributed by atoms with Crippen LogP contribution in [-0.4, -0.2) is 31.8 Å². The third-order valence-corrected chi connectivity index (χ3v) is 4.49. The van der Waals surface area contributed by atoms with Gasteiger partial charge in [0.1, 0.15) is 5.75 Å². The number of benzene rings is 2. The first-order chi connectivity index (χ1) is 12.7. The minimum atomic E-state index is -0.584. The molecule has 134 valence electrons. The van der Waals surface area contributed by atoms with E-state index in [1.54, 1.807) is 18.2 Å². The topological polar surface area (TPSA) is 71.1 Å². The summed E-state index contributed by atoms with van der Waals surface area (Å²) >= 11 is 0. The molecule has 0 atom stereocenters. The molecule has 6 heteroatoms. The zero-order valence-corrected chi connectivity index (χ0v) is 14.2. The van der Waals surface area contributed by atoms with Gasteiger partial charge in [-0.1, -0.05) is 6.07 Å². The molecule has 0 N–H and O–H groups in total. The van der Waals surface area contributed by atoms with Crippen molar-refractivity contribution in [3.63, 3.8) is 0 Å². The van der Waals surface area contributed by atoms with E-state index in [4.69, 9.17) is 18.9 Å². The van der Waals surface area contributed by atoms with Gasteiger partial charge in [-0.05, 0) is 60.7 Å². The summed E-state index contributed by atoms with van der Waals surface area (Å²) in [6, 6.07) is 10.7. The number of aryl methyl sites for hydroxylation is 2. The Morgan fingerprint density at radius 1 is 0.923 bits per heavy atom. The molecule has 2 aromatic carbocycles. The van der Waals surface area contributed by atoms with Crippen LogP contribution in [0, 0.1) is 0 Å². The van der Waals surface area contributed by atoms with Crippen molar-refractivity contribution in [1.82, 2.24) is 0 Å². The summed E-state index contributed by atoms with van der Waals surface area (Å²) in [5.74, 6) is 0.863. The lowest BCUT2D eigenvalue weighted by Crippen LogP contribution is -2.19. The number of rotatable bonds is 6. The molecular formula is C20H18O6. The van der Waals surface area contributed by atoms with Crippen LogP contribution in [0.1, 0.15) is 27.9 Å². The largest absolute Gasteiger partial charge is 0.482 e. The van der Waals surface area contributed by atoms with Gasteiger partial charge in [0.15, 0.2) is 30.5 Å². The van der Waals surface area contributed by atoms with E-state index in [1.807, 2.05) is 18.2 Å². The highest BCUT2D eigenvalue weighted by molar-refractivity contribution is 5.98. The van der Waals surface area contributed by atoms with Gasteiger partial charge < -0.3 is 18.9 Å². The first kappa shape index (κ1) is 16.4. The maximum atomic E-state index is 12.1. The van der Waals surface area contributed by atoms with Crippen molar-refractivity contribution in [1.29, 1.82) is 0 Å². The number of carbonyl (C=O) groups is 2. The highest BCUT2D eigenvalue weighted by Gasteiger charge is 2.17. The number of hydrogen-bond donors (Lipinski definition) is 0. The number of fused-ring (bicyclic) bond motifs is 2. The molecule has 2 aromatic rings. The van der Waals surface area contributed by atoms with Crippen molar-refractivity contribution >= 4 is 11.8 Å². The predicted molar refractivity (Wildman–Crippen MR) is 91.8 cm³/mol. The van der Waals surface area contributed by atoms with Crippen molar-refractivity contribution in [2.45, 2.75) is 19.3 Å². The molecule has 0 radical (unpaired) electrons. The number of ether oxygens (including phenoxy) is 4. The molecule has 0 unspecified atom stereocenters. The molecule has 0 aromatic heterocycles. The smallest absolute Gasteiger partial charge is 0.344 e. The second-order valence-electron chi connectivity index (χ2n) is 6.22. The van der Waals surface area contributed by atoms with Crippen molar-refractivity contribution < 1.29 is 28.5 Å². The van der Waals surface area contributed by atoms with E-state index in [0.717, 1.165) is 19.3 Å². The predicted octanol–water partition coefficient (Wildman–Crippen LogP) is 2.71. The average molecular weight is 354 g/mol. The van der Waals surface area contributed by atoms with E-state index in [1.165, 1.54) is 11.1 Å². The van der Waals surface area contributed by atoms with E-state index >= 15 is 0 Å². The zero-order valence-electron chi connectivity index (χ0n) is 14.2. The summed E-state index contributed by atoms with van der Waals surface area (Å²) < 4.78 is 20.9. The van der Waals surface area contributed by atoms with Crippen LogP contribution in [0.3, 0.4) is 0 Å². The van der Waals surface area contributed by atoms with Crippen molar-refractivity contribution in [3.8, 4) is 17.2 Å². The van der Waals surface area contributed by atoms with Crippen LogP contribution in [0.15, 0.2) is 36.4 Å². The summed E-state index contributed by atoms with van der Waals surface area (Å²) in [5.41, 5.74) is 3.02. The van der Waals surface area contributed by atoms with Crippen LogP contribution in [0.25, 0.3) is 0 Å². The fourth-order valence-corrected chi connectivity index (χ4v) is 3.12. The van der Waals surface area contributed by atoms with Gasteiger partial charge >= 0.3 is 5.97 Å². The molecular weight excluding hydrogens is 336 g/mol. The van der Waals surface area contributed by atoms with Gasteiger partial charge in [-0.3, -0.25) is 4.79 Å². The Morgan fingerprint density at radius 2 is 1.77 bits per heavy atom. The molecule has 0 amide bonds. The lowest BCUT2D eigenvalue weighted by Gasteiger charge is -2.08. The molecule has 26 heavy (non-hydrogen) atoms. The lowest BCUT2D eigenvalue weighted by molar-refractivity contribution is -0.144. The zero-order chi connectivity index (χ0) is 17.9. The molecule has 0 spiro atoms. The van der Waals surface area contributed by atoms with Gasteiger partial charge in [0.25, 0.3) is 0 Å². The maximum Gasteiger partial charge on any atom is 0.344 e. The summed E-state index contributed by atoms with van der Waals surface area (Å²) in [4.78, 5) is 24.0. The SMILES string of the molecule is O=C(COc1ccc2c(c1)CCC2)OCC(=O)c1ccc2c(c1)OCO2. The fourth-order valence-electron chi connectivity index (χ4n) is 3.12. The number of hydrogen-bond acceptors (Lipinski definition) is 6. The molecule has 0 saturated heterocycles. The standard InChI is InChI=1S/C20H18O6/c21-17(15-5-7-18-19(9-15)26-12-25-18)10-24-20(22)11-23-16-6-4-13-2-1-3-14(13)8-16/h4-9H,1-3,10-12H2. The molecule has 0 saturated carbocycles. The highest BCUT2D eigenvalue weighted by Crippen LogP contribution is 2.32. The van der Waals surface area contributed by atoms with Gasteiger partial charge in [-0.2, -0.15) is 0 Å². The van der Waals surface area contributed by atoms with Gasteiger partial charge in [-0.25, -0.2) is 4.79 Å². The average Bonchev–Trinajstić information content (AvgIpc) is 3.32.